The molecule has 1 saturated carbocycles. The van der Waals surface area contributed by atoms with Crippen molar-refractivity contribution in [3.05, 3.63) is 58.7 Å². The van der Waals surface area contributed by atoms with E-state index in [-0.39, 0.29) is 11.5 Å². The minimum absolute atomic E-state index is 0.251. The van der Waals surface area contributed by atoms with Crippen LogP contribution >= 0.6 is 0 Å². The summed E-state index contributed by atoms with van der Waals surface area (Å²) >= 11 is 0. The molecule has 1 aliphatic rings. The standard InChI is InChI=1S/C22H26FN5O2/c1-14-12-15(2)28(26-14)19-9-8-17(13-18(19)23)20(29)25-22(10-6-4-5-7-11-22)21-24-16(3)30-27-21/h8-9,12-13H,4-7,10-11H2,1-3H3,(H,25,29). The Bertz CT molecular complexity index is 1060. The number of aromatic nitrogens is 4. The lowest BCUT2D eigenvalue weighted by atomic mass is 9.88. The predicted molar refractivity (Wildman–Crippen MR) is 109 cm³/mol. The predicted octanol–water partition coefficient (Wildman–Crippen LogP) is 4.30. The molecule has 1 N–H and O–H groups in total. The van der Waals surface area contributed by atoms with Crippen molar-refractivity contribution in [1.29, 1.82) is 0 Å². The van der Waals surface area contributed by atoms with Gasteiger partial charge in [-0.1, -0.05) is 30.8 Å². The van der Waals surface area contributed by atoms with E-state index in [0.717, 1.165) is 49.9 Å². The summed E-state index contributed by atoms with van der Waals surface area (Å²) in [7, 11) is 0. The Morgan fingerprint density at radius 1 is 1.13 bits per heavy atom. The lowest BCUT2D eigenvalue weighted by Crippen LogP contribution is -2.46. The number of nitrogens with zero attached hydrogens (tertiary/aromatic N) is 4. The van der Waals surface area contributed by atoms with E-state index in [4.69, 9.17) is 4.52 Å². The van der Waals surface area contributed by atoms with Crippen LogP contribution in [-0.2, 0) is 5.54 Å². The SMILES string of the molecule is Cc1cc(C)n(-c2ccc(C(=O)NC3(c4noc(C)n4)CCCCCC3)cc2F)n1. The van der Waals surface area contributed by atoms with E-state index in [0.29, 0.717) is 17.4 Å². The van der Waals surface area contributed by atoms with Gasteiger partial charge in [0, 0.05) is 18.2 Å². The Balaban J connectivity index is 1.63. The Morgan fingerprint density at radius 2 is 1.87 bits per heavy atom. The van der Waals surface area contributed by atoms with E-state index < -0.39 is 11.4 Å². The molecular formula is C22H26FN5O2. The van der Waals surface area contributed by atoms with Crippen LogP contribution in [0.3, 0.4) is 0 Å². The summed E-state index contributed by atoms with van der Waals surface area (Å²) in [5.74, 6) is 0.107. The second kappa shape index (κ2) is 8.01. The third-order valence-electron chi connectivity index (χ3n) is 5.71. The fourth-order valence-electron chi connectivity index (χ4n) is 4.21. The van der Waals surface area contributed by atoms with E-state index >= 15 is 0 Å². The summed E-state index contributed by atoms with van der Waals surface area (Å²) in [6.07, 6.45) is 5.56. The molecule has 2 heterocycles. The maximum absolute atomic E-state index is 14.9. The molecule has 1 fully saturated rings. The van der Waals surface area contributed by atoms with Crippen molar-refractivity contribution in [2.75, 3.05) is 0 Å². The number of carbonyl (C=O) groups is 1. The lowest BCUT2D eigenvalue weighted by Gasteiger charge is -2.30. The lowest BCUT2D eigenvalue weighted by molar-refractivity contribution is 0.0876. The molecule has 0 saturated heterocycles. The second-order valence-electron chi connectivity index (χ2n) is 8.09. The molecule has 0 bridgehead atoms. The van der Waals surface area contributed by atoms with Crippen molar-refractivity contribution >= 4 is 5.91 Å². The highest BCUT2D eigenvalue weighted by molar-refractivity contribution is 5.95. The molecular weight excluding hydrogens is 385 g/mol. The zero-order valence-electron chi connectivity index (χ0n) is 17.5. The topological polar surface area (TPSA) is 85.8 Å². The van der Waals surface area contributed by atoms with Gasteiger partial charge in [0.2, 0.25) is 5.89 Å². The van der Waals surface area contributed by atoms with Crippen molar-refractivity contribution in [3.63, 3.8) is 0 Å². The highest BCUT2D eigenvalue weighted by Crippen LogP contribution is 2.35. The monoisotopic (exact) mass is 411 g/mol. The van der Waals surface area contributed by atoms with Gasteiger partial charge in [-0.15, -0.1) is 0 Å². The van der Waals surface area contributed by atoms with Gasteiger partial charge in [0.25, 0.3) is 5.91 Å². The van der Waals surface area contributed by atoms with Gasteiger partial charge in [0.15, 0.2) is 5.82 Å². The van der Waals surface area contributed by atoms with Gasteiger partial charge >= 0.3 is 0 Å². The van der Waals surface area contributed by atoms with E-state index in [1.54, 1.807) is 23.7 Å². The molecule has 0 atom stereocenters. The van der Waals surface area contributed by atoms with Gasteiger partial charge in [-0.2, -0.15) is 10.1 Å². The summed E-state index contributed by atoms with van der Waals surface area (Å²) < 4.78 is 21.6. The van der Waals surface area contributed by atoms with Crippen LogP contribution in [-0.4, -0.2) is 25.8 Å². The van der Waals surface area contributed by atoms with Crippen molar-refractivity contribution < 1.29 is 13.7 Å². The summed E-state index contributed by atoms with van der Waals surface area (Å²) in [5, 5.41) is 11.5. The quantitative estimate of drug-likeness (QED) is 0.647. The Labute approximate surface area is 174 Å². The average molecular weight is 411 g/mol. The summed E-state index contributed by atoms with van der Waals surface area (Å²) in [6.45, 7) is 5.45. The zero-order chi connectivity index (χ0) is 21.3. The molecule has 0 spiro atoms. The molecule has 0 unspecified atom stereocenters. The first-order valence-electron chi connectivity index (χ1n) is 10.3. The van der Waals surface area contributed by atoms with Crippen LogP contribution in [0.1, 0.15) is 72.0 Å². The largest absolute Gasteiger partial charge is 0.340 e. The van der Waals surface area contributed by atoms with Crippen LogP contribution in [0.5, 0.6) is 0 Å². The number of hydrogen-bond donors (Lipinski definition) is 1. The smallest absolute Gasteiger partial charge is 0.252 e. The number of hydrogen-bond acceptors (Lipinski definition) is 5. The number of aryl methyl sites for hydroxylation is 3. The maximum atomic E-state index is 14.9. The molecule has 0 radical (unpaired) electrons. The first kappa shape index (κ1) is 20.3. The number of halogens is 1. The molecule has 3 aromatic rings. The third-order valence-corrected chi connectivity index (χ3v) is 5.71. The summed E-state index contributed by atoms with van der Waals surface area (Å²) in [6, 6.07) is 6.34. The van der Waals surface area contributed by atoms with Gasteiger partial charge in [-0.3, -0.25) is 4.79 Å². The summed E-state index contributed by atoms with van der Waals surface area (Å²) in [4.78, 5) is 17.5. The van der Waals surface area contributed by atoms with Crippen molar-refractivity contribution in [3.8, 4) is 5.69 Å². The Kier molecular flexibility index (Phi) is 5.40. The van der Waals surface area contributed by atoms with Crippen molar-refractivity contribution in [2.45, 2.75) is 64.8 Å². The van der Waals surface area contributed by atoms with Crippen LogP contribution < -0.4 is 5.32 Å². The van der Waals surface area contributed by atoms with Gasteiger partial charge in [-0.25, -0.2) is 9.07 Å². The van der Waals surface area contributed by atoms with Gasteiger partial charge in [0.1, 0.15) is 17.0 Å². The van der Waals surface area contributed by atoms with E-state index in [1.165, 1.54) is 6.07 Å². The fraction of sp³-hybridized carbons (Fsp3) is 0.455. The molecule has 8 heteroatoms. The van der Waals surface area contributed by atoms with Crippen LogP contribution in [0.25, 0.3) is 5.69 Å². The second-order valence-corrected chi connectivity index (χ2v) is 8.09. The Hall–Kier alpha value is -3.03. The fourth-order valence-corrected chi connectivity index (χ4v) is 4.21. The molecule has 2 aromatic heterocycles. The van der Waals surface area contributed by atoms with E-state index in [1.807, 2.05) is 19.9 Å². The minimum atomic E-state index is -0.698. The van der Waals surface area contributed by atoms with Gasteiger partial charge in [0.05, 0.1) is 5.69 Å². The van der Waals surface area contributed by atoms with E-state index in [9.17, 15) is 9.18 Å². The molecule has 1 aromatic carbocycles. The first-order chi connectivity index (χ1) is 14.4. The average Bonchev–Trinajstić information content (AvgIpc) is 3.20. The van der Waals surface area contributed by atoms with Gasteiger partial charge < -0.3 is 9.84 Å². The molecule has 1 amide bonds. The molecule has 4 rings (SSSR count). The van der Waals surface area contributed by atoms with Crippen molar-refractivity contribution in [1.82, 2.24) is 25.2 Å². The summed E-state index contributed by atoms with van der Waals surface area (Å²) in [5.41, 5.74) is 1.50. The number of amides is 1. The normalized spacial score (nSPS) is 16.3. The molecule has 1 aliphatic carbocycles. The van der Waals surface area contributed by atoms with Crippen LogP contribution in [0, 0.1) is 26.6 Å². The maximum Gasteiger partial charge on any atom is 0.252 e. The molecule has 158 valence electrons. The van der Waals surface area contributed by atoms with Crippen LogP contribution in [0.2, 0.25) is 0 Å². The molecule has 30 heavy (non-hydrogen) atoms. The highest BCUT2D eigenvalue weighted by Gasteiger charge is 2.39. The third kappa shape index (κ3) is 3.86. The Morgan fingerprint density at radius 3 is 2.43 bits per heavy atom. The number of nitrogens with one attached hydrogen (secondary N) is 1. The number of carbonyl (C=O) groups excluding carboxylic acids is 1. The van der Waals surface area contributed by atoms with Crippen LogP contribution in [0.15, 0.2) is 28.8 Å². The van der Waals surface area contributed by atoms with E-state index in [2.05, 4.69) is 20.6 Å². The number of rotatable bonds is 4. The number of benzene rings is 1. The zero-order valence-corrected chi connectivity index (χ0v) is 17.5. The molecule has 7 nitrogen and oxygen atoms in total. The first-order valence-corrected chi connectivity index (χ1v) is 10.3. The minimum Gasteiger partial charge on any atom is -0.340 e. The van der Waals surface area contributed by atoms with Gasteiger partial charge in [-0.05, 0) is 51.0 Å². The highest BCUT2D eigenvalue weighted by atomic mass is 19.1. The van der Waals surface area contributed by atoms with Crippen LogP contribution in [0.4, 0.5) is 4.39 Å². The van der Waals surface area contributed by atoms with Crippen molar-refractivity contribution in [2.24, 2.45) is 0 Å². The molecule has 0 aliphatic heterocycles.